The van der Waals surface area contributed by atoms with Crippen molar-refractivity contribution in [2.24, 2.45) is 11.3 Å². The summed E-state index contributed by atoms with van der Waals surface area (Å²) in [4.78, 5) is 4.69. The van der Waals surface area contributed by atoms with Crippen molar-refractivity contribution >= 4 is 0 Å². The van der Waals surface area contributed by atoms with Gasteiger partial charge in [0.05, 0.1) is 0 Å². The molecule has 3 heteroatoms. The summed E-state index contributed by atoms with van der Waals surface area (Å²) in [5, 5.41) is 3.63. The Morgan fingerprint density at radius 3 is 2.85 bits per heavy atom. The van der Waals surface area contributed by atoms with Crippen molar-refractivity contribution in [1.82, 2.24) is 14.9 Å². The minimum Gasteiger partial charge on any atom is -0.335 e. The fourth-order valence-electron chi connectivity index (χ4n) is 3.49. The Balaban J connectivity index is 2.18. The number of aryl methyl sites for hydroxylation is 1. The van der Waals surface area contributed by atoms with Gasteiger partial charge in [-0.2, -0.15) is 0 Å². The first kappa shape index (κ1) is 15.6. The van der Waals surface area contributed by atoms with Gasteiger partial charge >= 0.3 is 0 Å². The Labute approximate surface area is 124 Å². The first-order valence-corrected chi connectivity index (χ1v) is 8.17. The molecule has 1 aliphatic rings. The lowest BCUT2D eigenvalue weighted by Gasteiger charge is -2.41. The summed E-state index contributed by atoms with van der Waals surface area (Å²) in [6, 6.07) is 0.566. The van der Waals surface area contributed by atoms with Crippen LogP contribution in [0.4, 0.5) is 0 Å². The molecule has 1 aromatic rings. The summed E-state index contributed by atoms with van der Waals surface area (Å²) in [6.07, 6.45) is 8.00. The average molecular weight is 277 g/mol. The van der Waals surface area contributed by atoms with Gasteiger partial charge in [0, 0.05) is 30.9 Å². The highest BCUT2D eigenvalue weighted by Gasteiger charge is 2.37. The first-order chi connectivity index (χ1) is 9.43. The highest BCUT2D eigenvalue weighted by molar-refractivity contribution is 5.07. The molecule has 2 unspecified atom stereocenters. The van der Waals surface area contributed by atoms with Crippen LogP contribution < -0.4 is 5.32 Å². The van der Waals surface area contributed by atoms with Crippen LogP contribution in [0, 0.1) is 11.3 Å². The maximum Gasteiger partial charge on any atom is 0.112 e. The molecular formula is C17H31N3. The molecule has 0 aromatic carbocycles. The Morgan fingerprint density at radius 2 is 2.20 bits per heavy atom. The van der Waals surface area contributed by atoms with E-state index in [2.05, 4.69) is 55.7 Å². The lowest BCUT2D eigenvalue weighted by atomic mass is 9.66. The van der Waals surface area contributed by atoms with E-state index in [4.69, 9.17) is 0 Å². The van der Waals surface area contributed by atoms with Gasteiger partial charge in [-0.1, -0.05) is 27.7 Å². The van der Waals surface area contributed by atoms with Gasteiger partial charge in [0.2, 0.25) is 0 Å². The van der Waals surface area contributed by atoms with Gasteiger partial charge < -0.3 is 9.88 Å². The van der Waals surface area contributed by atoms with Crippen molar-refractivity contribution in [3.05, 3.63) is 18.2 Å². The van der Waals surface area contributed by atoms with Gasteiger partial charge in [0.25, 0.3) is 0 Å². The lowest BCUT2D eigenvalue weighted by molar-refractivity contribution is 0.151. The predicted octanol–water partition coefficient (Wildman–Crippen LogP) is 3.81. The molecule has 0 bridgehead atoms. The minimum atomic E-state index is 0.448. The summed E-state index contributed by atoms with van der Waals surface area (Å²) in [5.41, 5.74) is 0.448. The second-order valence-corrected chi connectivity index (χ2v) is 7.41. The van der Waals surface area contributed by atoms with Gasteiger partial charge in [-0.3, -0.25) is 0 Å². The number of rotatable bonds is 5. The second kappa shape index (κ2) is 6.30. The molecule has 2 atom stereocenters. The van der Waals surface area contributed by atoms with E-state index in [9.17, 15) is 0 Å². The normalized spacial score (nSPS) is 26.1. The standard InChI is InChI=1S/C17H31N3/c1-6-20-10-9-18-16(20)15-11-17(4,5)8-7-14(15)12-19-13(2)3/h9-10,13-15,19H,6-8,11-12H2,1-5H3. The number of nitrogens with one attached hydrogen (secondary N) is 1. The van der Waals surface area contributed by atoms with E-state index in [-0.39, 0.29) is 0 Å². The van der Waals surface area contributed by atoms with Crippen molar-refractivity contribution in [1.29, 1.82) is 0 Å². The molecule has 0 aliphatic heterocycles. The predicted molar refractivity (Wildman–Crippen MR) is 84.9 cm³/mol. The fourth-order valence-corrected chi connectivity index (χ4v) is 3.49. The van der Waals surface area contributed by atoms with Crippen LogP contribution in [0.3, 0.4) is 0 Å². The quantitative estimate of drug-likeness (QED) is 0.887. The Bertz CT molecular complexity index is 418. The molecule has 1 saturated carbocycles. The Hall–Kier alpha value is -0.830. The highest BCUT2D eigenvalue weighted by atomic mass is 15.1. The Morgan fingerprint density at radius 1 is 1.45 bits per heavy atom. The molecule has 0 spiro atoms. The molecule has 0 amide bonds. The molecule has 0 saturated heterocycles. The van der Waals surface area contributed by atoms with Crippen molar-refractivity contribution in [3.63, 3.8) is 0 Å². The first-order valence-electron chi connectivity index (χ1n) is 8.17. The lowest BCUT2D eigenvalue weighted by Crippen LogP contribution is -2.38. The van der Waals surface area contributed by atoms with Gasteiger partial charge in [0.15, 0.2) is 0 Å². The summed E-state index contributed by atoms with van der Waals surface area (Å²) >= 11 is 0. The summed E-state index contributed by atoms with van der Waals surface area (Å²) in [7, 11) is 0. The molecule has 1 heterocycles. The van der Waals surface area contributed by atoms with E-state index < -0.39 is 0 Å². The highest BCUT2D eigenvalue weighted by Crippen LogP contribution is 2.46. The molecular weight excluding hydrogens is 246 g/mol. The van der Waals surface area contributed by atoms with E-state index >= 15 is 0 Å². The molecule has 1 N–H and O–H groups in total. The zero-order chi connectivity index (χ0) is 14.8. The van der Waals surface area contributed by atoms with Crippen molar-refractivity contribution < 1.29 is 0 Å². The van der Waals surface area contributed by atoms with Crippen LogP contribution in [0.25, 0.3) is 0 Å². The van der Waals surface area contributed by atoms with E-state index in [1.807, 2.05) is 6.20 Å². The molecule has 3 nitrogen and oxygen atoms in total. The van der Waals surface area contributed by atoms with E-state index in [0.29, 0.717) is 17.4 Å². The number of hydrogen-bond acceptors (Lipinski definition) is 2. The average Bonchev–Trinajstić information content (AvgIpc) is 2.84. The molecule has 20 heavy (non-hydrogen) atoms. The van der Waals surface area contributed by atoms with E-state index in [1.165, 1.54) is 25.1 Å². The second-order valence-electron chi connectivity index (χ2n) is 7.41. The zero-order valence-electron chi connectivity index (χ0n) is 13.8. The van der Waals surface area contributed by atoms with Gasteiger partial charge in [-0.15, -0.1) is 0 Å². The maximum atomic E-state index is 4.69. The molecule has 2 rings (SSSR count). The van der Waals surface area contributed by atoms with Crippen LogP contribution in [0.2, 0.25) is 0 Å². The summed E-state index contributed by atoms with van der Waals surface area (Å²) in [5.74, 6) is 2.62. The van der Waals surface area contributed by atoms with Crippen molar-refractivity contribution in [2.75, 3.05) is 6.54 Å². The topological polar surface area (TPSA) is 29.9 Å². The van der Waals surface area contributed by atoms with Crippen LogP contribution in [-0.2, 0) is 6.54 Å². The van der Waals surface area contributed by atoms with Crippen LogP contribution >= 0.6 is 0 Å². The third-order valence-electron chi connectivity index (χ3n) is 4.74. The molecule has 1 aliphatic carbocycles. The van der Waals surface area contributed by atoms with Gasteiger partial charge in [-0.05, 0) is 44.1 Å². The van der Waals surface area contributed by atoms with Crippen molar-refractivity contribution in [2.45, 2.75) is 72.4 Å². The van der Waals surface area contributed by atoms with E-state index in [1.54, 1.807) is 0 Å². The summed E-state index contributed by atoms with van der Waals surface area (Å²) in [6.45, 7) is 13.6. The number of hydrogen-bond donors (Lipinski definition) is 1. The number of aromatic nitrogens is 2. The number of nitrogens with zero attached hydrogens (tertiary/aromatic N) is 2. The third-order valence-corrected chi connectivity index (χ3v) is 4.74. The van der Waals surface area contributed by atoms with Gasteiger partial charge in [0.1, 0.15) is 5.82 Å². The molecule has 114 valence electrons. The number of imidazole rings is 1. The van der Waals surface area contributed by atoms with Gasteiger partial charge in [-0.25, -0.2) is 4.98 Å². The minimum absolute atomic E-state index is 0.448. The molecule has 0 radical (unpaired) electrons. The molecule has 1 aromatic heterocycles. The van der Waals surface area contributed by atoms with Crippen LogP contribution in [0.15, 0.2) is 12.4 Å². The smallest absolute Gasteiger partial charge is 0.112 e. The van der Waals surface area contributed by atoms with Crippen molar-refractivity contribution in [3.8, 4) is 0 Å². The monoisotopic (exact) mass is 277 g/mol. The largest absolute Gasteiger partial charge is 0.335 e. The maximum absolute atomic E-state index is 4.69. The fraction of sp³-hybridized carbons (Fsp3) is 0.824. The van der Waals surface area contributed by atoms with Crippen LogP contribution in [0.1, 0.15) is 65.6 Å². The van der Waals surface area contributed by atoms with Crippen LogP contribution in [-0.4, -0.2) is 22.1 Å². The molecule has 1 fully saturated rings. The Kier molecular flexibility index (Phi) is 4.90. The zero-order valence-corrected chi connectivity index (χ0v) is 13.8. The third kappa shape index (κ3) is 3.63. The summed E-state index contributed by atoms with van der Waals surface area (Å²) < 4.78 is 2.33. The van der Waals surface area contributed by atoms with E-state index in [0.717, 1.165) is 19.0 Å². The SMILES string of the molecule is CCn1ccnc1C1CC(C)(C)CCC1CNC(C)C. The van der Waals surface area contributed by atoms with Crippen LogP contribution in [0.5, 0.6) is 0 Å².